The largest absolute Gasteiger partial charge is 0.379 e. The summed E-state index contributed by atoms with van der Waals surface area (Å²) in [6.07, 6.45) is 3.23. The van der Waals surface area contributed by atoms with Crippen molar-refractivity contribution in [3.8, 4) is 0 Å². The number of benzene rings is 1. The molecule has 20 heavy (non-hydrogen) atoms. The van der Waals surface area contributed by atoms with Crippen molar-refractivity contribution in [1.29, 1.82) is 0 Å². The first kappa shape index (κ1) is 15.4. The van der Waals surface area contributed by atoms with Crippen molar-refractivity contribution in [2.75, 3.05) is 5.32 Å². The first-order chi connectivity index (χ1) is 9.58. The Morgan fingerprint density at radius 1 is 1.35 bits per heavy atom. The summed E-state index contributed by atoms with van der Waals surface area (Å²) in [5.74, 6) is 0.971. The van der Waals surface area contributed by atoms with E-state index in [4.69, 9.17) is 11.6 Å². The predicted octanol–water partition coefficient (Wildman–Crippen LogP) is 5.09. The van der Waals surface area contributed by atoms with Gasteiger partial charge in [-0.25, -0.2) is 4.98 Å². The minimum Gasteiger partial charge on any atom is -0.379 e. The molecule has 1 aromatic heterocycles. The second kappa shape index (κ2) is 7.14. The Balaban J connectivity index is 2.01. The van der Waals surface area contributed by atoms with Gasteiger partial charge in [0.15, 0.2) is 5.15 Å². The summed E-state index contributed by atoms with van der Waals surface area (Å²) in [7, 11) is 0. The molecule has 1 heterocycles. The van der Waals surface area contributed by atoms with Gasteiger partial charge in [-0.3, -0.25) is 0 Å². The molecular formula is C15H19BrClN3. The standard InChI is InChI=1S/C15H19BrClN3/c1-3-4-5-14-19-13(15(17)20-14)9-18-12-7-10(2)6-11(16)8-12/h6-8,18H,3-5,9H2,1-2H3,(H,19,20). The second-order valence-electron chi connectivity index (χ2n) is 4.93. The lowest BCUT2D eigenvalue weighted by Gasteiger charge is -2.07. The van der Waals surface area contributed by atoms with Crippen LogP contribution in [-0.2, 0) is 13.0 Å². The number of nitrogens with zero attached hydrogens (tertiary/aromatic N) is 1. The molecule has 0 saturated heterocycles. The molecule has 0 aliphatic heterocycles. The average molecular weight is 357 g/mol. The second-order valence-corrected chi connectivity index (χ2v) is 6.20. The number of unbranched alkanes of at least 4 members (excludes halogenated alkanes) is 1. The highest BCUT2D eigenvalue weighted by molar-refractivity contribution is 9.10. The first-order valence-corrected chi connectivity index (χ1v) is 8.00. The maximum atomic E-state index is 6.16. The number of aromatic amines is 1. The molecule has 3 nitrogen and oxygen atoms in total. The number of halogens is 2. The van der Waals surface area contributed by atoms with Crippen LogP contribution in [0.2, 0.25) is 5.15 Å². The van der Waals surface area contributed by atoms with Gasteiger partial charge >= 0.3 is 0 Å². The normalized spacial score (nSPS) is 10.8. The lowest BCUT2D eigenvalue weighted by atomic mass is 10.2. The fraction of sp³-hybridized carbons (Fsp3) is 0.400. The number of nitrogens with one attached hydrogen (secondary N) is 2. The molecule has 1 aromatic carbocycles. The highest BCUT2D eigenvalue weighted by Crippen LogP contribution is 2.21. The summed E-state index contributed by atoms with van der Waals surface area (Å²) in [5.41, 5.74) is 3.22. The molecule has 0 unspecified atom stereocenters. The van der Waals surface area contributed by atoms with E-state index >= 15 is 0 Å². The van der Waals surface area contributed by atoms with E-state index in [9.17, 15) is 0 Å². The Bertz CT molecular complexity index is 560. The van der Waals surface area contributed by atoms with E-state index in [0.717, 1.165) is 40.9 Å². The Hall–Kier alpha value is -1.00. The van der Waals surface area contributed by atoms with Gasteiger partial charge < -0.3 is 10.3 Å². The van der Waals surface area contributed by atoms with E-state index in [1.807, 2.05) is 0 Å². The summed E-state index contributed by atoms with van der Waals surface area (Å²) in [4.78, 5) is 7.65. The van der Waals surface area contributed by atoms with E-state index in [-0.39, 0.29) is 0 Å². The van der Waals surface area contributed by atoms with Gasteiger partial charge in [0.2, 0.25) is 0 Å². The molecule has 0 bridgehead atoms. The summed E-state index contributed by atoms with van der Waals surface area (Å²) in [5, 5.41) is 3.93. The number of rotatable bonds is 6. The molecule has 0 aliphatic rings. The minimum absolute atomic E-state index is 0.565. The average Bonchev–Trinajstić information content (AvgIpc) is 2.73. The van der Waals surface area contributed by atoms with Crippen LogP contribution in [0.1, 0.15) is 36.8 Å². The molecule has 0 aliphatic carbocycles. The summed E-state index contributed by atoms with van der Waals surface area (Å²) >= 11 is 9.66. The number of aryl methyl sites for hydroxylation is 2. The van der Waals surface area contributed by atoms with Crippen LogP contribution in [0.15, 0.2) is 22.7 Å². The molecule has 0 amide bonds. The van der Waals surface area contributed by atoms with Crippen LogP contribution < -0.4 is 5.32 Å². The van der Waals surface area contributed by atoms with Gasteiger partial charge in [-0.1, -0.05) is 40.9 Å². The summed E-state index contributed by atoms with van der Waals surface area (Å²) in [6.45, 7) is 4.89. The smallest absolute Gasteiger partial charge is 0.152 e. The van der Waals surface area contributed by atoms with Crippen molar-refractivity contribution >= 4 is 33.2 Å². The monoisotopic (exact) mass is 355 g/mol. The Morgan fingerprint density at radius 2 is 2.15 bits per heavy atom. The van der Waals surface area contributed by atoms with Crippen molar-refractivity contribution in [2.24, 2.45) is 0 Å². The van der Waals surface area contributed by atoms with Gasteiger partial charge in [0.25, 0.3) is 0 Å². The van der Waals surface area contributed by atoms with E-state index in [1.165, 1.54) is 5.56 Å². The van der Waals surface area contributed by atoms with Crippen molar-refractivity contribution in [3.05, 3.63) is 44.9 Å². The third-order valence-electron chi connectivity index (χ3n) is 3.06. The topological polar surface area (TPSA) is 40.7 Å². The predicted molar refractivity (Wildman–Crippen MR) is 88.4 cm³/mol. The quantitative estimate of drug-likeness (QED) is 0.757. The fourth-order valence-electron chi connectivity index (χ4n) is 2.05. The van der Waals surface area contributed by atoms with Gasteiger partial charge in [-0.15, -0.1) is 0 Å². The van der Waals surface area contributed by atoms with Gasteiger partial charge in [-0.05, 0) is 37.1 Å². The number of H-pyrrole nitrogens is 1. The molecule has 0 spiro atoms. The third kappa shape index (κ3) is 4.25. The fourth-order valence-corrected chi connectivity index (χ4v) is 2.87. The molecule has 108 valence electrons. The molecule has 2 N–H and O–H groups in total. The Labute approximate surface area is 133 Å². The van der Waals surface area contributed by atoms with Crippen LogP contribution >= 0.6 is 27.5 Å². The third-order valence-corrected chi connectivity index (χ3v) is 3.83. The zero-order valence-corrected chi connectivity index (χ0v) is 14.1. The molecule has 2 aromatic rings. The number of hydrogen-bond acceptors (Lipinski definition) is 2. The van der Waals surface area contributed by atoms with E-state index < -0.39 is 0 Å². The zero-order valence-electron chi connectivity index (χ0n) is 11.8. The van der Waals surface area contributed by atoms with Crippen molar-refractivity contribution in [2.45, 2.75) is 39.7 Å². The van der Waals surface area contributed by atoms with Crippen molar-refractivity contribution in [1.82, 2.24) is 9.97 Å². The van der Waals surface area contributed by atoms with Crippen LogP contribution in [0.25, 0.3) is 0 Å². The van der Waals surface area contributed by atoms with E-state index in [1.54, 1.807) is 0 Å². The summed E-state index contributed by atoms with van der Waals surface area (Å²) in [6, 6.07) is 6.24. The number of aromatic nitrogens is 2. The van der Waals surface area contributed by atoms with Crippen LogP contribution in [0.3, 0.4) is 0 Å². The SMILES string of the molecule is CCCCc1nc(Cl)c(CNc2cc(C)cc(Br)c2)[nH]1. The zero-order chi connectivity index (χ0) is 14.5. The molecule has 2 rings (SSSR count). The first-order valence-electron chi connectivity index (χ1n) is 6.82. The van der Waals surface area contributed by atoms with Gasteiger partial charge in [0, 0.05) is 16.6 Å². The molecule has 0 radical (unpaired) electrons. The lowest BCUT2D eigenvalue weighted by Crippen LogP contribution is -2.01. The van der Waals surface area contributed by atoms with Gasteiger partial charge in [-0.2, -0.15) is 0 Å². The minimum atomic E-state index is 0.565. The molecule has 0 atom stereocenters. The van der Waals surface area contributed by atoms with Crippen LogP contribution in [0.5, 0.6) is 0 Å². The maximum Gasteiger partial charge on any atom is 0.152 e. The van der Waals surface area contributed by atoms with E-state index in [2.05, 4.69) is 63.3 Å². The number of hydrogen-bond donors (Lipinski definition) is 2. The molecular weight excluding hydrogens is 338 g/mol. The molecule has 0 saturated carbocycles. The highest BCUT2D eigenvalue weighted by Gasteiger charge is 2.08. The number of imidazole rings is 1. The van der Waals surface area contributed by atoms with Crippen molar-refractivity contribution < 1.29 is 0 Å². The van der Waals surface area contributed by atoms with E-state index in [0.29, 0.717) is 11.7 Å². The summed E-state index contributed by atoms with van der Waals surface area (Å²) < 4.78 is 1.07. The van der Waals surface area contributed by atoms with Crippen LogP contribution in [0, 0.1) is 6.92 Å². The molecule has 5 heteroatoms. The van der Waals surface area contributed by atoms with Gasteiger partial charge in [0.1, 0.15) is 5.82 Å². The van der Waals surface area contributed by atoms with Gasteiger partial charge in [0.05, 0.1) is 12.2 Å². The number of anilines is 1. The Kier molecular flexibility index (Phi) is 5.49. The van der Waals surface area contributed by atoms with Crippen LogP contribution in [0.4, 0.5) is 5.69 Å². The Morgan fingerprint density at radius 3 is 2.85 bits per heavy atom. The molecule has 0 fully saturated rings. The van der Waals surface area contributed by atoms with Crippen molar-refractivity contribution in [3.63, 3.8) is 0 Å². The highest BCUT2D eigenvalue weighted by atomic mass is 79.9. The maximum absolute atomic E-state index is 6.16. The van der Waals surface area contributed by atoms with Crippen LogP contribution in [-0.4, -0.2) is 9.97 Å². The lowest BCUT2D eigenvalue weighted by molar-refractivity contribution is 0.760.